The first-order valence-corrected chi connectivity index (χ1v) is 10.4. The number of benzene rings is 1. The number of ketones is 1. The molecular weight excluding hydrogens is 473 g/mol. The molecule has 35 heavy (non-hydrogen) atoms. The summed E-state index contributed by atoms with van der Waals surface area (Å²) in [6.45, 7) is -0.278. The SMILES string of the molecule is O=C(CC1(C(=O)NCc2ncc(Nc3ccc(F)cc3C(F)(F)F)cc2F)CC1)c1cncnc1. The molecule has 2 aromatic heterocycles. The molecule has 0 unspecified atom stereocenters. The van der Waals surface area contributed by atoms with Crippen molar-refractivity contribution in [3.8, 4) is 0 Å². The van der Waals surface area contributed by atoms with Crippen molar-refractivity contribution in [3.05, 3.63) is 77.6 Å². The number of pyridine rings is 1. The van der Waals surface area contributed by atoms with E-state index in [1.807, 2.05) is 0 Å². The number of aromatic nitrogens is 3. The number of carbonyl (C=O) groups excluding carboxylic acids is 2. The van der Waals surface area contributed by atoms with Crippen molar-refractivity contribution in [2.45, 2.75) is 32.0 Å². The van der Waals surface area contributed by atoms with Crippen LogP contribution in [0.2, 0.25) is 0 Å². The predicted molar refractivity (Wildman–Crippen MR) is 113 cm³/mol. The van der Waals surface area contributed by atoms with Crippen molar-refractivity contribution in [1.29, 1.82) is 0 Å². The zero-order chi connectivity index (χ0) is 25.2. The first kappa shape index (κ1) is 24.2. The second-order valence-corrected chi connectivity index (χ2v) is 8.16. The standard InChI is InChI=1S/C23H18F5N5O2/c24-14-1-2-18(16(5-14)23(26,27)28)33-15-6-17(25)19(31-10-15)11-32-21(35)22(3-4-22)7-20(34)13-8-29-12-30-9-13/h1-2,5-6,8-10,12,33H,3-4,7,11H2,(H,32,35). The highest BCUT2D eigenvalue weighted by Crippen LogP contribution is 2.49. The summed E-state index contributed by atoms with van der Waals surface area (Å²) in [7, 11) is 0. The maximum absolute atomic E-state index is 14.5. The molecule has 7 nitrogen and oxygen atoms in total. The molecule has 0 saturated heterocycles. The van der Waals surface area contributed by atoms with Gasteiger partial charge in [0, 0.05) is 24.9 Å². The summed E-state index contributed by atoms with van der Waals surface area (Å²) in [6, 6.07) is 2.99. The molecule has 2 N–H and O–H groups in total. The van der Waals surface area contributed by atoms with Crippen molar-refractivity contribution < 1.29 is 31.5 Å². The number of nitrogens with zero attached hydrogens (tertiary/aromatic N) is 3. The Morgan fingerprint density at radius 1 is 1.03 bits per heavy atom. The highest BCUT2D eigenvalue weighted by atomic mass is 19.4. The largest absolute Gasteiger partial charge is 0.418 e. The van der Waals surface area contributed by atoms with Crippen molar-refractivity contribution in [1.82, 2.24) is 20.3 Å². The molecule has 0 bridgehead atoms. The Morgan fingerprint density at radius 3 is 2.37 bits per heavy atom. The number of rotatable bonds is 8. The van der Waals surface area contributed by atoms with E-state index in [0.717, 1.165) is 24.4 Å². The summed E-state index contributed by atoms with van der Waals surface area (Å²) in [4.78, 5) is 36.5. The average molecular weight is 491 g/mol. The molecule has 0 atom stereocenters. The van der Waals surface area contributed by atoms with E-state index in [9.17, 15) is 31.5 Å². The van der Waals surface area contributed by atoms with Gasteiger partial charge in [0.05, 0.1) is 46.4 Å². The molecular formula is C23H18F5N5O2. The fraction of sp³-hybridized carbons (Fsp3) is 0.261. The highest BCUT2D eigenvalue weighted by Gasteiger charge is 2.51. The summed E-state index contributed by atoms with van der Waals surface area (Å²) in [5.41, 5.74) is -2.55. The molecule has 4 rings (SSSR count). The Hall–Kier alpha value is -3.96. The second-order valence-electron chi connectivity index (χ2n) is 8.16. The molecule has 0 spiro atoms. The third-order valence-corrected chi connectivity index (χ3v) is 5.62. The molecule has 1 aromatic carbocycles. The fourth-order valence-electron chi connectivity index (χ4n) is 3.52. The van der Waals surface area contributed by atoms with Gasteiger partial charge < -0.3 is 10.6 Å². The van der Waals surface area contributed by atoms with E-state index in [-0.39, 0.29) is 35.7 Å². The Labute approximate surface area is 195 Å². The van der Waals surface area contributed by atoms with Crippen LogP contribution in [-0.2, 0) is 17.5 Å². The van der Waals surface area contributed by atoms with Crippen molar-refractivity contribution in [3.63, 3.8) is 0 Å². The third kappa shape index (κ3) is 5.58. The van der Waals surface area contributed by atoms with Crippen LogP contribution in [0, 0.1) is 17.0 Å². The van der Waals surface area contributed by atoms with E-state index in [0.29, 0.717) is 18.9 Å². The molecule has 1 amide bonds. The first-order valence-electron chi connectivity index (χ1n) is 10.4. The number of hydrogen-bond acceptors (Lipinski definition) is 6. The van der Waals surface area contributed by atoms with Crippen LogP contribution in [0.25, 0.3) is 0 Å². The van der Waals surface area contributed by atoms with Crippen molar-refractivity contribution in [2.75, 3.05) is 5.32 Å². The van der Waals surface area contributed by atoms with Crippen molar-refractivity contribution >= 4 is 23.1 Å². The maximum atomic E-state index is 14.5. The minimum absolute atomic E-state index is 0.0375. The molecule has 3 aromatic rings. The number of alkyl halides is 3. The summed E-state index contributed by atoms with van der Waals surface area (Å²) < 4.78 is 67.3. The van der Waals surface area contributed by atoms with Gasteiger partial charge in [0.15, 0.2) is 5.78 Å². The number of nitrogens with one attached hydrogen (secondary N) is 2. The van der Waals surface area contributed by atoms with Gasteiger partial charge in [-0.15, -0.1) is 0 Å². The zero-order valence-corrected chi connectivity index (χ0v) is 18.0. The first-order chi connectivity index (χ1) is 16.6. The Balaban J connectivity index is 1.39. The van der Waals surface area contributed by atoms with Gasteiger partial charge >= 0.3 is 6.18 Å². The molecule has 1 fully saturated rings. The van der Waals surface area contributed by atoms with Crippen LogP contribution in [0.1, 0.15) is 40.9 Å². The monoisotopic (exact) mass is 491 g/mol. The lowest BCUT2D eigenvalue weighted by Crippen LogP contribution is -2.33. The number of anilines is 2. The lowest BCUT2D eigenvalue weighted by molar-refractivity contribution is -0.137. The topological polar surface area (TPSA) is 96.9 Å². The highest BCUT2D eigenvalue weighted by molar-refractivity contribution is 6.00. The molecule has 1 saturated carbocycles. The number of amides is 1. The van der Waals surface area contributed by atoms with Crippen LogP contribution in [-0.4, -0.2) is 26.6 Å². The van der Waals surface area contributed by atoms with Gasteiger partial charge in [-0.1, -0.05) is 0 Å². The zero-order valence-electron chi connectivity index (χ0n) is 18.0. The van der Waals surface area contributed by atoms with E-state index in [4.69, 9.17) is 0 Å². The summed E-state index contributed by atoms with van der Waals surface area (Å²) in [5, 5.41) is 4.95. The number of carbonyl (C=O) groups is 2. The fourth-order valence-corrected chi connectivity index (χ4v) is 3.52. The average Bonchev–Trinajstić information content (AvgIpc) is 3.60. The number of halogens is 5. The van der Waals surface area contributed by atoms with Crippen LogP contribution in [0.15, 0.2) is 49.2 Å². The maximum Gasteiger partial charge on any atom is 0.418 e. The van der Waals surface area contributed by atoms with E-state index in [1.54, 1.807) is 0 Å². The van der Waals surface area contributed by atoms with Gasteiger partial charge in [-0.3, -0.25) is 14.6 Å². The van der Waals surface area contributed by atoms with Gasteiger partial charge in [-0.25, -0.2) is 18.7 Å². The van der Waals surface area contributed by atoms with E-state index >= 15 is 0 Å². The summed E-state index contributed by atoms with van der Waals surface area (Å²) in [6.07, 6.45) is 1.24. The Kier molecular flexibility index (Phi) is 6.46. The van der Waals surface area contributed by atoms with Gasteiger partial charge in [0.25, 0.3) is 0 Å². The molecule has 1 aliphatic rings. The smallest absolute Gasteiger partial charge is 0.354 e. The third-order valence-electron chi connectivity index (χ3n) is 5.62. The molecule has 12 heteroatoms. The quantitative estimate of drug-likeness (QED) is 0.354. The lowest BCUT2D eigenvalue weighted by atomic mass is 9.96. The van der Waals surface area contributed by atoms with Gasteiger partial charge in [0.1, 0.15) is 18.0 Å². The molecule has 0 radical (unpaired) electrons. The molecule has 2 heterocycles. The van der Waals surface area contributed by atoms with Crippen LogP contribution in [0.5, 0.6) is 0 Å². The minimum Gasteiger partial charge on any atom is -0.354 e. The Morgan fingerprint density at radius 2 is 1.74 bits per heavy atom. The minimum atomic E-state index is -4.83. The van der Waals surface area contributed by atoms with Crippen molar-refractivity contribution in [2.24, 2.45) is 5.41 Å². The van der Waals surface area contributed by atoms with Gasteiger partial charge in [0.2, 0.25) is 5.91 Å². The van der Waals surface area contributed by atoms with Gasteiger partial charge in [-0.05, 0) is 31.0 Å². The van der Waals surface area contributed by atoms with E-state index in [2.05, 4.69) is 25.6 Å². The predicted octanol–water partition coefficient (Wildman–Crippen LogP) is 4.58. The van der Waals surface area contributed by atoms with Crippen LogP contribution in [0.3, 0.4) is 0 Å². The van der Waals surface area contributed by atoms with Crippen LogP contribution in [0.4, 0.5) is 33.3 Å². The normalized spacial score (nSPS) is 14.3. The summed E-state index contributed by atoms with van der Waals surface area (Å²) in [5.74, 6) is -2.64. The second kappa shape index (κ2) is 9.35. The van der Waals surface area contributed by atoms with Gasteiger partial charge in [-0.2, -0.15) is 13.2 Å². The Bertz CT molecular complexity index is 1260. The lowest BCUT2D eigenvalue weighted by Gasteiger charge is -2.16. The van der Waals surface area contributed by atoms with E-state index in [1.165, 1.54) is 18.7 Å². The number of hydrogen-bond donors (Lipinski definition) is 2. The molecule has 0 aliphatic heterocycles. The van der Waals surface area contributed by atoms with Crippen LogP contribution >= 0.6 is 0 Å². The molecule has 1 aliphatic carbocycles. The van der Waals surface area contributed by atoms with Crippen LogP contribution < -0.4 is 10.6 Å². The molecule has 182 valence electrons. The summed E-state index contributed by atoms with van der Waals surface area (Å²) >= 11 is 0. The number of Topliss-reactive ketones (excluding diaryl/α,β-unsaturated/α-hetero) is 1. The van der Waals surface area contributed by atoms with E-state index < -0.39 is 40.4 Å².